The molecule has 1 heteroatoms. The van der Waals surface area contributed by atoms with Crippen LogP contribution in [0.4, 0.5) is 0 Å². The summed E-state index contributed by atoms with van der Waals surface area (Å²) in [4.78, 5) is 0. The second-order valence-electron chi connectivity index (χ2n) is 10.9. The fourth-order valence-corrected chi connectivity index (χ4v) is 5.96. The molecule has 5 aromatic rings. The number of hydrogen-bond acceptors (Lipinski definition) is 1. The van der Waals surface area contributed by atoms with Crippen LogP contribution in [-0.2, 0) is 6.42 Å². The minimum atomic E-state index is 0.827. The molecule has 1 aromatic heterocycles. The molecule has 1 nitrogen and oxygen atoms in total. The van der Waals surface area contributed by atoms with Gasteiger partial charge in [0.05, 0.1) is 6.26 Å². The highest BCUT2D eigenvalue weighted by molar-refractivity contribution is 6.01. The summed E-state index contributed by atoms with van der Waals surface area (Å²) in [7, 11) is 0. The lowest BCUT2D eigenvalue weighted by atomic mass is 9.88. The van der Waals surface area contributed by atoms with Crippen LogP contribution in [-0.4, -0.2) is 0 Å². The van der Waals surface area contributed by atoms with E-state index in [2.05, 4.69) is 146 Å². The summed E-state index contributed by atoms with van der Waals surface area (Å²) in [5, 5.41) is 3.40. The van der Waals surface area contributed by atoms with Crippen LogP contribution in [0.1, 0.15) is 28.7 Å². The molecule has 0 unspecified atom stereocenters. The van der Waals surface area contributed by atoms with E-state index in [0.29, 0.717) is 0 Å². The summed E-state index contributed by atoms with van der Waals surface area (Å²) in [5.41, 5.74) is 10.8. The Balaban J connectivity index is 1.46. The Bertz CT molecular complexity index is 2080. The quantitative estimate of drug-likeness (QED) is 0.212. The van der Waals surface area contributed by atoms with Crippen LogP contribution in [0.15, 0.2) is 168 Å². The van der Waals surface area contributed by atoms with Gasteiger partial charge in [0.1, 0.15) is 5.58 Å². The summed E-state index contributed by atoms with van der Waals surface area (Å²) >= 11 is 0. The molecule has 0 saturated carbocycles. The zero-order valence-corrected chi connectivity index (χ0v) is 24.0. The molecule has 0 N–H and O–H groups in total. The molecular weight excluding hydrogens is 520 g/mol. The first-order valence-electron chi connectivity index (χ1n) is 14.9. The van der Waals surface area contributed by atoms with Crippen molar-refractivity contribution in [2.45, 2.75) is 12.8 Å². The second-order valence-corrected chi connectivity index (χ2v) is 10.9. The van der Waals surface area contributed by atoms with E-state index in [9.17, 15) is 0 Å². The lowest BCUT2D eigenvalue weighted by molar-refractivity contribution is 0.608. The molecule has 43 heavy (non-hydrogen) atoms. The van der Waals surface area contributed by atoms with E-state index in [1.807, 2.05) is 24.5 Å². The molecule has 0 radical (unpaired) electrons. The third-order valence-electron chi connectivity index (χ3n) is 8.16. The molecule has 1 heterocycles. The minimum Gasteiger partial charge on any atom is -0.464 e. The van der Waals surface area contributed by atoms with Gasteiger partial charge >= 0.3 is 0 Å². The Morgan fingerprint density at radius 2 is 1.19 bits per heavy atom. The molecule has 206 valence electrons. The number of benzene rings is 3. The molecular formula is C42H32O. The Morgan fingerprint density at radius 3 is 2.02 bits per heavy atom. The van der Waals surface area contributed by atoms with Crippen LogP contribution in [0.25, 0.3) is 50.6 Å². The third-order valence-corrected chi connectivity index (χ3v) is 8.16. The summed E-state index contributed by atoms with van der Waals surface area (Å²) in [5.74, 6) is 0. The van der Waals surface area contributed by atoms with Gasteiger partial charge in [-0.25, -0.2) is 0 Å². The van der Waals surface area contributed by atoms with Gasteiger partial charge in [0.15, 0.2) is 0 Å². The van der Waals surface area contributed by atoms with E-state index in [1.165, 1.54) is 38.8 Å². The van der Waals surface area contributed by atoms with Gasteiger partial charge in [-0.2, -0.15) is 0 Å². The lowest BCUT2D eigenvalue weighted by Gasteiger charge is -2.17. The highest BCUT2D eigenvalue weighted by Gasteiger charge is 2.13. The average Bonchev–Trinajstić information content (AvgIpc) is 3.15. The standard InChI is InChI=1S/C42H32O/c1-2-4-21-38(36-15-6-5-13-35-14-7-10-24-42(35)43-30-36)40-23-9-8-22-39(40)37(20-3-1)33-18-11-16-32-17-12-19-34-28-26-31(25-27-33)29-41(32)34/h1-17,19-28,30H,18,29H2/b2-1?,3-1?,4-2?,13-5?,15-6?,16-11-,20-3?,21-4?,31-25-,33-27+,36-30?,37-20?,38-21?,39-37?,40-38?. The van der Waals surface area contributed by atoms with Crippen molar-refractivity contribution in [1.82, 2.24) is 0 Å². The van der Waals surface area contributed by atoms with Crippen molar-refractivity contribution in [3.05, 3.63) is 186 Å². The lowest BCUT2D eigenvalue weighted by Crippen LogP contribution is -2.00. The zero-order valence-electron chi connectivity index (χ0n) is 24.0. The summed E-state index contributed by atoms with van der Waals surface area (Å²) in [6, 6.07) is 44.7. The molecule has 7 rings (SSSR count). The average molecular weight is 553 g/mol. The fraction of sp³-hybridized carbons (Fsp3) is 0.0476. The van der Waals surface area contributed by atoms with Crippen LogP contribution in [0.3, 0.4) is 0 Å². The molecule has 0 atom stereocenters. The third kappa shape index (κ3) is 5.71. The van der Waals surface area contributed by atoms with Gasteiger partial charge in [0.25, 0.3) is 0 Å². The normalized spacial score (nSPS) is 16.7. The van der Waals surface area contributed by atoms with E-state index < -0.39 is 0 Å². The molecule has 2 bridgehead atoms. The Hall–Kier alpha value is -5.40. The molecule has 0 spiro atoms. The molecule has 4 aromatic carbocycles. The van der Waals surface area contributed by atoms with Gasteiger partial charge in [0, 0.05) is 10.9 Å². The maximum Gasteiger partial charge on any atom is 0.133 e. The van der Waals surface area contributed by atoms with Crippen molar-refractivity contribution in [1.29, 1.82) is 0 Å². The molecule has 0 saturated heterocycles. The van der Waals surface area contributed by atoms with Crippen LogP contribution < -0.4 is 0 Å². The van der Waals surface area contributed by atoms with Crippen molar-refractivity contribution in [2.24, 2.45) is 0 Å². The molecule has 0 fully saturated rings. The number of hydrogen-bond donors (Lipinski definition) is 0. The molecule has 2 aliphatic carbocycles. The number of rotatable bonds is 2. The number of para-hydroxylation sites is 1. The van der Waals surface area contributed by atoms with E-state index in [1.54, 1.807) is 0 Å². The minimum absolute atomic E-state index is 0.827. The van der Waals surface area contributed by atoms with Gasteiger partial charge in [-0.15, -0.1) is 0 Å². The first-order valence-corrected chi connectivity index (χ1v) is 14.9. The number of fused-ring (bicyclic) bond motifs is 3. The second kappa shape index (κ2) is 12.2. The van der Waals surface area contributed by atoms with E-state index in [0.717, 1.165) is 40.3 Å². The van der Waals surface area contributed by atoms with Crippen LogP contribution in [0.5, 0.6) is 0 Å². The summed E-state index contributed by atoms with van der Waals surface area (Å²) < 4.78 is 6.28. The van der Waals surface area contributed by atoms with E-state index >= 15 is 0 Å². The number of allylic oxidation sites excluding steroid dienone is 6. The summed E-state index contributed by atoms with van der Waals surface area (Å²) in [6.07, 6.45) is 17.4. The van der Waals surface area contributed by atoms with Crippen molar-refractivity contribution < 1.29 is 4.42 Å². The zero-order chi connectivity index (χ0) is 28.8. The first-order chi connectivity index (χ1) is 21.3. The Morgan fingerprint density at radius 1 is 0.512 bits per heavy atom. The monoisotopic (exact) mass is 552 g/mol. The van der Waals surface area contributed by atoms with Gasteiger partial charge in [-0.3, -0.25) is 0 Å². The van der Waals surface area contributed by atoms with Gasteiger partial charge in [-0.05, 0) is 68.6 Å². The smallest absolute Gasteiger partial charge is 0.133 e. The van der Waals surface area contributed by atoms with Crippen LogP contribution in [0.2, 0.25) is 0 Å². The predicted octanol–water partition coefficient (Wildman–Crippen LogP) is 11.5. The predicted molar refractivity (Wildman–Crippen MR) is 183 cm³/mol. The maximum absolute atomic E-state index is 6.28. The molecule has 0 aliphatic heterocycles. The topological polar surface area (TPSA) is 13.1 Å². The van der Waals surface area contributed by atoms with Gasteiger partial charge in [0.2, 0.25) is 0 Å². The van der Waals surface area contributed by atoms with Gasteiger partial charge in [-0.1, -0.05) is 158 Å². The molecule has 0 amide bonds. The Kier molecular flexibility index (Phi) is 7.53. The Labute approximate surface area is 253 Å². The van der Waals surface area contributed by atoms with Crippen molar-refractivity contribution in [2.75, 3.05) is 0 Å². The van der Waals surface area contributed by atoms with Crippen LogP contribution in [0, 0.1) is 0 Å². The first kappa shape index (κ1) is 26.5. The SMILES string of the molecule is C1=Cc2cccc3c2C/C1=C\C=C(\c1ccccccc(-c2ccccc4ccccc4oc2)c2ccccc12)C/C=C\3. The highest BCUT2D eigenvalue weighted by Crippen LogP contribution is 2.34. The van der Waals surface area contributed by atoms with Crippen molar-refractivity contribution in [3.8, 4) is 11.1 Å². The largest absolute Gasteiger partial charge is 0.464 e. The summed E-state index contributed by atoms with van der Waals surface area (Å²) in [6.45, 7) is 0. The highest BCUT2D eigenvalue weighted by atomic mass is 16.3. The van der Waals surface area contributed by atoms with E-state index in [-0.39, 0.29) is 0 Å². The van der Waals surface area contributed by atoms with Crippen molar-refractivity contribution >= 4 is 39.5 Å². The van der Waals surface area contributed by atoms with Crippen LogP contribution >= 0.6 is 0 Å². The van der Waals surface area contributed by atoms with Gasteiger partial charge < -0.3 is 4.42 Å². The molecule has 2 aliphatic rings. The maximum atomic E-state index is 6.28. The van der Waals surface area contributed by atoms with Crippen molar-refractivity contribution in [3.63, 3.8) is 0 Å². The van der Waals surface area contributed by atoms with E-state index in [4.69, 9.17) is 4.42 Å². The fourth-order valence-electron chi connectivity index (χ4n) is 5.96.